The first-order valence-electron chi connectivity index (χ1n) is 10.2. The molecule has 0 bridgehead atoms. The SMILES string of the molecule is CC(C)CN(CC(C)C)c1ccc2cc(-c3nc4ccccc4[nH]3)c(=O)oc2c1. The van der Waals surface area contributed by atoms with Crippen LogP contribution in [0.1, 0.15) is 27.7 Å². The Morgan fingerprint density at radius 1 is 1.00 bits per heavy atom. The van der Waals surface area contributed by atoms with Gasteiger partial charge in [-0.25, -0.2) is 9.78 Å². The smallest absolute Gasteiger partial charge is 0.347 e. The molecule has 0 unspecified atom stereocenters. The molecule has 0 saturated heterocycles. The monoisotopic (exact) mass is 389 g/mol. The second-order valence-electron chi connectivity index (χ2n) is 8.46. The number of benzene rings is 2. The van der Waals surface area contributed by atoms with E-state index in [1.807, 2.05) is 42.5 Å². The Morgan fingerprint density at radius 3 is 2.41 bits per heavy atom. The van der Waals surface area contributed by atoms with Crippen molar-refractivity contribution in [1.82, 2.24) is 9.97 Å². The quantitative estimate of drug-likeness (QED) is 0.445. The molecule has 5 heteroatoms. The predicted molar refractivity (Wildman–Crippen MR) is 119 cm³/mol. The number of H-pyrrole nitrogens is 1. The molecule has 0 fully saturated rings. The lowest BCUT2D eigenvalue weighted by Gasteiger charge is -2.28. The van der Waals surface area contributed by atoms with Gasteiger partial charge in [0.1, 0.15) is 17.0 Å². The maximum Gasteiger partial charge on any atom is 0.347 e. The van der Waals surface area contributed by atoms with E-state index in [-0.39, 0.29) is 5.63 Å². The molecule has 1 N–H and O–H groups in total. The first kappa shape index (κ1) is 19.2. The number of hydrogen-bond donors (Lipinski definition) is 1. The Kier molecular flexibility index (Phi) is 5.14. The largest absolute Gasteiger partial charge is 0.422 e. The van der Waals surface area contributed by atoms with Crippen LogP contribution in [-0.4, -0.2) is 23.1 Å². The third-order valence-corrected chi connectivity index (χ3v) is 4.90. The topological polar surface area (TPSA) is 62.1 Å². The van der Waals surface area contributed by atoms with Crippen molar-refractivity contribution in [2.75, 3.05) is 18.0 Å². The van der Waals surface area contributed by atoms with Crippen LogP contribution in [-0.2, 0) is 0 Å². The summed E-state index contributed by atoms with van der Waals surface area (Å²) in [5.41, 5.74) is 3.48. The average Bonchev–Trinajstić information content (AvgIpc) is 3.09. The van der Waals surface area contributed by atoms with Gasteiger partial charge in [0.15, 0.2) is 0 Å². The number of fused-ring (bicyclic) bond motifs is 2. The lowest BCUT2D eigenvalue weighted by molar-refractivity contribution is 0.549. The van der Waals surface area contributed by atoms with E-state index in [4.69, 9.17) is 4.42 Å². The van der Waals surface area contributed by atoms with Crippen LogP contribution in [0.5, 0.6) is 0 Å². The lowest BCUT2D eigenvalue weighted by Crippen LogP contribution is -2.31. The van der Waals surface area contributed by atoms with Gasteiger partial charge >= 0.3 is 5.63 Å². The van der Waals surface area contributed by atoms with E-state index in [1.54, 1.807) is 0 Å². The Balaban J connectivity index is 1.75. The van der Waals surface area contributed by atoms with Crippen LogP contribution in [0.2, 0.25) is 0 Å². The summed E-state index contributed by atoms with van der Waals surface area (Å²) in [6, 6.07) is 15.7. The summed E-state index contributed by atoms with van der Waals surface area (Å²) in [5.74, 6) is 1.63. The summed E-state index contributed by atoms with van der Waals surface area (Å²) < 4.78 is 5.70. The van der Waals surface area contributed by atoms with Gasteiger partial charge in [-0.2, -0.15) is 0 Å². The number of nitrogens with one attached hydrogen (secondary N) is 1. The van der Waals surface area contributed by atoms with Crippen molar-refractivity contribution in [3.63, 3.8) is 0 Å². The minimum atomic E-state index is -0.382. The zero-order valence-electron chi connectivity index (χ0n) is 17.4. The molecule has 2 heterocycles. The summed E-state index contributed by atoms with van der Waals surface area (Å²) in [6.45, 7) is 10.8. The fraction of sp³-hybridized carbons (Fsp3) is 0.333. The van der Waals surface area contributed by atoms with Crippen molar-refractivity contribution in [2.45, 2.75) is 27.7 Å². The highest BCUT2D eigenvalue weighted by Gasteiger charge is 2.15. The van der Waals surface area contributed by atoms with Crippen molar-refractivity contribution < 1.29 is 4.42 Å². The van der Waals surface area contributed by atoms with E-state index < -0.39 is 0 Å². The van der Waals surface area contributed by atoms with E-state index in [9.17, 15) is 4.79 Å². The third-order valence-electron chi connectivity index (χ3n) is 4.90. The fourth-order valence-corrected chi connectivity index (χ4v) is 3.71. The normalized spacial score (nSPS) is 11.8. The van der Waals surface area contributed by atoms with Crippen molar-refractivity contribution in [2.24, 2.45) is 11.8 Å². The number of imidazole rings is 1. The Bertz CT molecular complexity index is 1160. The summed E-state index contributed by atoms with van der Waals surface area (Å²) in [4.78, 5) is 22.8. The second-order valence-corrected chi connectivity index (χ2v) is 8.46. The molecule has 0 atom stereocenters. The Hall–Kier alpha value is -3.08. The van der Waals surface area contributed by atoms with Crippen LogP contribution >= 0.6 is 0 Å². The van der Waals surface area contributed by atoms with Gasteiger partial charge in [0, 0.05) is 30.2 Å². The van der Waals surface area contributed by atoms with Crippen molar-refractivity contribution in [1.29, 1.82) is 0 Å². The van der Waals surface area contributed by atoms with E-state index in [2.05, 4.69) is 48.6 Å². The van der Waals surface area contributed by atoms with Crippen LogP contribution in [0.3, 0.4) is 0 Å². The van der Waals surface area contributed by atoms with Crippen LogP contribution in [0.15, 0.2) is 57.7 Å². The summed E-state index contributed by atoms with van der Waals surface area (Å²) in [7, 11) is 0. The van der Waals surface area contributed by atoms with E-state index in [1.165, 1.54) is 0 Å². The minimum absolute atomic E-state index is 0.382. The molecule has 4 aromatic rings. The molecule has 0 aliphatic rings. The Morgan fingerprint density at radius 2 is 1.72 bits per heavy atom. The molecule has 0 aliphatic carbocycles. The summed E-state index contributed by atoms with van der Waals surface area (Å²) in [6.07, 6.45) is 0. The molecule has 0 aliphatic heterocycles. The fourth-order valence-electron chi connectivity index (χ4n) is 3.71. The zero-order valence-corrected chi connectivity index (χ0v) is 17.4. The first-order chi connectivity index (χ1) is 13.9. The van der Waals surface area contributed by atoms with Gasteiger partial charge in [-0.15, -0.1) is 0 Å². The van der Waals surface area contributed by atoms with Crippen molar-refractivity contribution in [3.8, 4) is 11.4 Å². The molecule has 29 heavy (non-hydrogen) atoms. The first-order valence-corrected chi connectivity index (χ1v) is 10.2. The van der Waals surface area contributed by atoms with Gasteiger partial charge < -0.3 is 14.3 Å². The van der Waals surface area contributed by atoms with Gasteiger partial charge in [0.2, 0.25) is 0 Å². The number of rotatable bonds is 6. The summed E-state index contributed by atoms with van der Waals surface area (Å²) in [5, 5.41) is 0.887. The molecule has 0 spiro atoms. The van der Waals surface area contributed by atoms with Crippen LogP contribution < -0.4 is 10.5 Å². The van der Waals surface area contributed by atoms with Gasteiger partial charge in [-0.3, -0.25) is 0 Å². The molecule has 2 aromatic heterocycles. The van der Waals surface area contributed by atoms with Gasteiger partial charge in [0.05, 0.1) is 11.0 Å². The van der Waals surface area contributed by atoms with Gasteiger partial charge in [-0.05, 0) is 42.2 Å². The standard InChI is InChI=1S/C24H27N3O2/c1-15(2)13-27(14-16(3)4)18-10-9-17-11-19(24(28)29-22(17)12-18)23-25-20-7-5-6-8-21(20)26-23/h5-12,15-16H,13-14H2,1-4H3,(H,25,26). The van der Waals surface area contributed by atoms with E-state index in [0.717, 1.165) is 35.2 Å². The van der Waals surface area contributed by atoms with Gasteiger partial charge in [0.25, 0.3) is 0 Å². The highest BCUT2D eigenvalue weighted by molar-refractivity contribution is 5.85. The average molecular weight is 389 g/mol. The number of aromatic nitrogens is 2. The predicted octanol–water partition coefficient (Wildman–Crippen LogP) is 5.45. The van der Waals surface area contributed by atoms with Gasteiger partial charge in [-0.1, -0.05) is 39.8 Å². The molecule has 0 saturated carbocycles. The number of aromatic amines is 1. The number of hydrogen-bond acceptors (Lipinski definition) is 4. The van der Waals surface area contributed by atoms with E-state index >= 15 is 0 Å². The minimum Gasteiger partial charge on any atom is -0.422 e. The zero-order chi connectivity index (χ0) is 20.5. The van der Waals surface area contributed by atoms with Crippen LogP contribution in [0, 0.1) is 11.8 Å². The molecular weight excluding hydrogens is 362 g/mol. The Labute approximate surface area is 170 Å². The number of anilines is 1. The van der Waals surface area contributed by atoms with Crippen molar-refractivity contribution >= 4 is 27.7 Å². The maximum absolute atomic E-state index is 12.7. The highest BCUT2D eigenvalue weighted by atomic mass is 16.4. The second kappa shape index (κ2) is 7.74. The molecule has 5 nitrogen and oxygen atoms in total. The molecule has 2 aromatic carbocycles. The van der Waals surface area contributed by atoms with Crippen molar-refractivity contribution in [3.05, 3.63) is 59.0 Å². The lowest BCUT2D eigenvalue weighted by atomic mass is 10.1. The molecule has 4 rings (SSSR count). The van der Waals surface area contributed by atoms with Crippen LogP contribution in [0.4, 0.5) is 5.69 Å². The third kappa shape index (κ3) is 4.04. The highest BCUT2D eigenvalue weighted by Crippen LogP contribution is 2.26. The molecule has 0 amide bonds. The van der Waals surface area contributed by atoms with Crippen LogP contribution in [0.25, 0.3) is 33.4 Å². The maximum atomic E-state index is 12.7. The molecule has 0 radical (unpaired) electrons. The number of nitrogens with zero attached hydrogens (tertiary/aromatic N) is 2. The van der Waals surface area contributed by atoms with E-state index in [0.29, 0.717) is 28.8 Å². The molecular formula is C24H27N3O2. The summed E-state index contributed by atoms with van der Waals surface area (Å²) >= 11 is 0. The molecule has 150 valence electrons. The number of para-hydroxylation sites is 2.